The number of nitrogens with zero attached hydrogens (tertiary/aromatic N) is 5. The standard InChI is InChI=1S/C18H15N7O4/c1-10(26)21-13-4-2-11(3-5-13)7-24-9-19-14-15(24)22-18(23-16(14)27)25-8-12(6-20-25)17(28)29/h2-6,8-9H,7H2,1H3,(H,21,26)(H,28,29)(H,22,23,27). The van der Waals surface area contributed by atoms with Gasteiger partial charge in [-0.2, -0.15) is 10.1 Å². The second kappa shape index (κ2) is 7.03. The molecular formula is C18H15N7O4. The molecule has 3 aromatic heterocycles. The van der Waals surface area contributed by atoms with Crippen LogP contribution < -0.4 is 10.9 Å². The predicted octanol–water partition coefficient (Wildman–Crippen LogP) is 1.01. The highest BCUT2D eigenvalue weighted by Crippen LogP contribution is 2.14. The summed E-state index contributed by atoms with van der Waals surface area (Å²) in [5.74, 6) is -1.20. The zero-order chi connectivity index (χ0) is 20.5. The zero-order valence-electron chi connectivity index (χ0n) is 15.2. The lowest BCUT2D eigenvalue weighted by Crippen LogP contribution is -2.15. The average molecular weight is 393 g/mol. The van der Waals surface area contributed by atoms with Crippen molar-refractivity contribution in [1.29, 1.82) is 0 Å². The van der Waals surface area contributed by atoms with Crippen LogP contribution in [0.3, 0.4) is 0 Å². The summed E-state index contributed by atoms with van der Waals surface area (Å²) >= 11 is 0. The van der Waals surface area contributed by atoms with Gasteiger partial charge in [-0.1, -0.05) is 12.1 Å². The van der Waals surface area contributed by atoms with E-state index in [4.69, 9.17) is 5.11 Å². The summed E-state index contributed by atoms with van der Waals surface area (Å²) < 4.78 is 2.88. The molecule has 0 bridgehead atoms. The van der Waals surface area contributed by atoms with E-state index in [-0.39, 0.29) is 22.9 Å². The van der Waals surface area contributed by atoms with Crippen molar-refractivity contribution >= 4 is 28.7 Å². The molecule has 0 aliphatic heterocycles. The Morgan fingerprint density at radius 1 is 1.24 bits per heavy atom. The molecule has 4 aromatic rings. The first-order chi connectivity index (χ1) is 13.9. The number of fused-ring (bicyclic) bond motifs is 1. The molecular weight excluding hydrogens is 378 g/mol. The van der Waals surface area contributed by atoms with Crippen LogP contribution in [0.1, 0.15) is 22.8 Å². The highest BCUT2D eigenvalue weighted by atomic mass is 16.4. The van der Waals surface area contributed by atoms with Gasteiger partial charge in [-0.05, 0) is 17.7 Å². The Kier molecular flexibility index (Phi) is 4.39. The fourth-order valence-electron chi connectivity index (χ4n) is 2.81. The van der Waals surface area contributed by atoms with Crippen LogP contribution in [-0.2, 0) is 11.3 Å². The molecule has 146 valence electrons. The first-order valence-electron chi connectivity index (χ1n) is 8.51. The second-order valence-electron chi connectivity index (χ2n) is 6.29. The van der Waals surface area contributed by atoms with Gasteiger partial charge in [0.25, 0.3) is 5.56 Å². The normalized spacial score (nSPS) is 10.9. The van der Waals surface area contributed by atoms with Crippen LogP contribution in [0.25, 0.3) is 17.1 Å². The van der Waals surface area contributed by atoms with Crippen molar-refractivity contribution in [2.45, 2.75) is 13.5 Å². The predicted molar refractivity (Wildman–Crippen MR) is 102 cm³/mol. The molecule has 1 aromatic carbocycles. The van der Waals surface area contributed by atoms with E-state index in [0.29, 0.717) is 17.9 Å². The van der Waals surface area contributed by atoms with Crippen LogP contribution in [0.4, 0.5) is 5.69 Å². The van der Waals surface area contributed by atoms with E-state index >= 15 is 0 Å². The van der Waals surface area contributed by atoms with E-state index < -0.39 is 11.5 Å². The fraction of sp³-hybridized carbons (Fsp3) is 0.111. The Balaban J connectivity index is 1.68. The van der Waals surface area contributed by atoms with Crippen LogP contribution >= 0.6 is 0 Å². The minimum absolute atomic E-state index is 0.0273. The molecule has 0 saturated heterocycles. The number of rotatable bonds is 5. The Labute approximate surface area is 162 Å². The van der Waals surface area contributed by atoms with Crippen LogP contribution in [-0.4, -0.2) is 46.3 Å². The van der Waals surface area contributed by atoms with Crippen molar-refractivity contribution in [3.63, 3.8) is 0 Å². The molecule has 0 aliphatic carbocycles. The molecule has 0 atom stereocenters. The number of carbonyl (C=O) groups is 2. The summed E-state index contributed by atoms with van der Waals surface area (Å²) in [6.45, 7) is 1.83. The van der Waals surface area contributed by atoms with Gasteiger partial charge in [0.2, 0.25) is 11.9 Å². The summed E-state index contributed by atoms with van der Waals surface area (Å²) in [7, 11) is 0. The molecule has 0 fully saturated rings. The monoisotopic (exact) mass is 393 g/mol. The Morgan fingerprint density at radius 2 is 2.00 bits per heavy atom. The minimum Gasteiger partial charge on any atom is -0.478 e. The third kappa shape index (κ3) is 3.60. The smallest absolute Gasteiger partial charge is 0.338 e. The quantitative estimate of drug-likeness (QED) is 0.458. The highest BCUT2D eigenvalue weighted by molar-refractivity contribution is 5.88. The summed E-state index contributed by atoms with van der Waals surface area (Å²) in [5, 5.41) is 15.7. The summed E-state index contributed by atoms with van der Waals surface area (Å²) in [6, 6.07) is 7.24. The molecule has 29 heavy (non-hydrogen) atoms. The summed E-state index contributed by atoms with van der Waals surface area (Å²) in [6.07, 6.45) is 3.93. The first-order valence-corrected chi connectivity index (χ1v) is 8.51. The number of carboxylic acid groups (broad SMARTS) is 1. The number of hydrogen-bond acceptors (Lipinski definition) is 6. The van der Waals surface area contributed by atoms with Crippen molar-refractivity contribution in [3.05, 3.63) is 64.5 Å². The number of carbonyl (C=O) groups excluding carboxylic acids is 1. The Bertz CT molecular complexity index is 1280. The van der Waals surface area contributed by atoms with Crippen LogP contribution in [0.5, 0.6) is 0 Å². The van der Waals surface area contributed by atoms with E-state index in [9.17, 15) is 14.4 Å². The SMILES string of the molecule is CC(=O)Nc1ccc(Cn2cnc3c(=O)[nH]c(-n4cc(C(=O)O)cn4)nc32)cc1. The van der Waals surface area contributed by atoms with E-state index in [1.54, 1.807) is 16.7 Å². The van der Waals surface area contributed by atoms with Crippen molar-refractivity contribution in [3.8, 4) is 5.95 Å². The van der Waals surface area contributed by atoms with Gasteiger partial charge in [-0.25, -0.2) is 14.5 Å². The number of imidazole rings is 1. The lowest BCUT2D eigenvalue weighted by molar-refractivity contribution is -0.114. The number of aromatic carboxylic acids is 1. The van der Waals surface area contributed by atoms with Crippen LogP contribution in [0.2, 0.25) is 0 Å². The molecule has 11 nitrogen and oxygen atoms in total. The molecule has 3 N–H and O–H groups in total. The van der Waals surface area contributed by atoms with Gasteiger partial charge < -0.3 is 15.0 Å². The maximum Gasteiger partial charge on any atom is 0.338 e. The van der Waals surface area contributed by atoms with Crippen molar-refractivity contribution < 1.29 is 14.7 Å². The van der Waals surface area contributed by atoms with Crippen molar-refractivity contribution in [1.82, 2.24) is 29.3 Å². The van der Waals surface area contributed by atoms with Crippen LogP contribution in [0, 0.1) is 0 Å². The van der Waals surface area contributed by atoms with Gasteiger partial charge >= 0.3 is 5.97 Å². The minimum atomic E-state index is -1.13. The van der Waals surface area contributed by atoms with Gasteiger partial charge in [-0.15, -0.1) is 0 Å². The van der Waals surface area contributed by atoms with Gasteiger partial charge in [0.1, 0.15) is 0 Å². The van der Waals surface area contributed by atoms with Gasteiger partial charge in [0, 0.05) is 18.8 Å². The third-order valence-electron chi connectivity index (χ3n) is 4.14. The number of hydrogen-bond donors (Lipinski definition) is 3. The zero-order valence-corrected chi connectivity index (χ0v) is 15.2. The van der Waals surface area contributed by atoms with Gasteiger partial charge in [0.05, 0.1) is 24.6 Å². The van der Waals surface area contributed by atoms with Crippen molar-refractivity contribution in [2.75, 3.05) is 5.32 Å². The summed E-state index contributed by atoms with van der Waals surface area (Å²) in [4.78, 5) is 45.6. The number of benzene rings is 1. The number of carboxylic acids is 1. The molecule has 3 heterocycles. The van der Waals surface area contributed by atoms with E-state index in [1.165, 1.54) is 30.3 Å². The number of nitrogens with one attached hydrogen (secondary N) is 2. The molecule has 4 rings (SSSR count). The molecule has 0 radical (unpaired) electrons. The maximum absolute atomic E-state index is 12.4. The molecule has 0 spiro atoms. The second-order valence-corrected chi connectivity index (χ2v) is 6.29. The number of H-pyrrole nitrogens is 1. The summed E-state index contributed by atoms with van der Waals surface area (Å²) in [5.41, 5.74) is 1.60. The lowest BCUT2D eigenvalue weighted by atomic mass is 10.2. The lowest BCUT2D eigenvalue weighted by Gasteiger charge is -2.07. The van der Waals surface area contributed by atoms with E-state index in [1.807, 2.05) is 12.1 Å². The Morgan fingerprint density at radius 3 is 2.66 bits per heavy atom. The third-order valence-corrected chi connectivity index (χ3v) is 4.14. The van der Waals surface area contributed by atoms with Crippen LogP contribution in [0.15, 0.2) is 47.8 Å². The largest absolute Gasteiger partial charge is 0.478 e. The molecule has 0 unspecified atom stereocenters. The maximum atomic E-state index is 12.4. The Hall–Kier alpha value is -4.28. The average Bonchev–Trinajstić information content (AvgIpc) is 3.31. The highest BCUT2D eigenvalue weighted by Gasteiger charge is 2.14. The number of anilines is 1. The van der Waals surface area contributed by atoms with E-state index in [0.717, 1.165) is 5.56 Å². The van der Waals surface area contributed by atoms with Crippen molar-refractivity contribution in [2.24, 2.45) is 0 Å². The fourth-order valence-corrected chi connectivity index (χ4v) is 2.81. The number of aromatic nitrogens is 6. The molecule has 0 aliphatic rings. The molecule has 0 saturated carbocycles. The number of aromatic amines is 1. The number of amides is 1. The van der Waals surface area contributed by atoms with E-state index in [2.05, 4.69) is 25.4 Å². The molecule has 1 amide bonds. The topological polar surface area (TPSA) is 148 Å². The van der Waals surface area contributed by atoms with Gasteiger partial charge in [-0.3, -0.25) is 14.6 Å². The molecule has 11 heteroatoms. The first kappa shape index (κ1) is 18.1. The van der Waals surface area contributed by atoms with Gasteiger partial charge in [0.15, 0.2) is 11.2 Å².